The van der Waals surface area contributed by atoms with Crippen molar-refractivity contribution < 1.29 is 4.79 Å². The average Bonchev–Trinajstić information content (AvgIpc) is 3.30. The second-order valence-electron chi connectivity index (χ2n) is 5.40. The van der Waals surface area contributed by atoms with Crippen molar-refractivity contribution in [2.75, 3.05) is 6.54 Å². The summed E-state index contributed by atoms with van der Waals surface area (Å²) < 4.78 is 0. The third kappa shape index (κ3) is 3.83. The average molecular weight is 325 g/mol. The van der Waals surface area contributed by atoms with Crippen LogP contribution >= 0.6 is 0 Å². The van der Waals surface area contributed by atoms with Crippen LogP contribution in [-0.2, 0) is 12.8 Å². The molecule has 8 nitrogen and oxygen atoms in total. The Kier molecular flexibility index (Phi) is 4.95. The largest absolute Gasteiger partial charge is 0.351 e. The number of amides is 1. The summed E-state index contributed by atoms with van der Waals surface area (Å²) >= 11 is 0. The molecule has 0 spiro atoms. The van der Waals surface area contributed by atoms with Gasteiger partial charge in [0.05, 0.1) is 5.69 Å². The summed E-state index contributed by atoms with van der Waals surface area (Å²) in [4.78, 5) is 12.1. The highest BCUT2D eigenvalue weighted by molar-refractivity contribution is 5.93. The van der Waals surface area contributed by atoms with Gasteiger partial charge in [-0.1, -0.05) is 36.4 Å². The number of carbonyl (C=O) groups is 1. The maximum Gasteiger partial charge on any atom is 0.269 e. The van der Waals surface area contributed by atoms with E-state index in [-0.39, 0.29) is 5.91 Å². The first-order chi connectivity index (χ1) is 11.8. The molecule has 0 aliphatic carbocycles. The Morgan fingerprint density at radius 1 is 1.21 bits per heavy atom. The van der Waals surface area contributed by atoms with E-state index in [0.717, 1.165) is 24.1 Å². The van der Waals surface area contributed by atoms with E-state index >= 15 is 0 Å². The molecular formula is C16H19N7O. The highest BCUT2D eigenvalue weighted by Gasteiger charge is 2.10. The van der Waals surface area contributed by atoms with Crippen molar-refractivity contribution in [3.63, 3.8) is 0 Å². The first-order valence-electron chi connectivity index (χ1n) is 7.91. The minimum Gasteiger partial charge on any atom is -0.351 e. The van der Waals surface area contributed by atoms with Crippen LogP contribution in [0.15, 0.2) is 30.3 Å². The van der Waals surface area contributed by atoms with E-state index in [9.17, 15) is 4.79 Å². The molecule has 0 saturated carbocycles. The van der Waals surface area contributed by atoms with Gasteiger partial charge >= 0.3 is 0 Å². The van der Waals surface area contributed by atoms with Crippen molar-refractivity contribution in [1.29, 1.82) is 0 Å². The number of H-pyrrole nitrogens is 2. The molecule has 3 aromatic rings. The van der Waals surface area contributed by atoms with Crippen LogP contribution in [0, 0.1) is 0 Å². The minimum atomic E-state index is -0.174. The Labute approximate surface area is 139 Å². The molecule has 0 fully saturated rings. The predicted octanol–water partition coefficient (Wildman–Crippen LogP) is 1.51. The third-order valence-electron chi connectivity index (χ3n) is 3.73. The third-order valence-corrected chi connectivity index (χ3v) is 3.73. The molecule has 24 heavy (non-hydrogen) atoms. The number of benzene rings is 1. The molecule has 0 radical (unpaired) electrons. The highest BCUT2D eigenvalue weighted by Crippen LogP contribution is 2.18. The van der Waals surface area contributed by atoms with Crippen LogP contribution in [0.3, 0.4) is 0 Å². The summed E-state index contributed by atoms with van der Waals surface area (Å²) in [6.07, 6.45) is 2.40. The maximum absolute atomic E-state index is 12.1. The smallest absolute Gasteiger partial charge is 0.269 e. The molecule has 1 amide bonds. The molecule has 124 valence electrons. The summed E-state index contributed by atoms with van der Waals surface area (Å²) in [6.45, 7) is 2.65. The van der Waals surface area contributed by atoms with E-state index in [2.05, 4.69) is 55.2 Å². The quantitative estimate of drug-likeness (QED) is 0.570. The lowest BCUT2D eigenvalue weighted by atomic mass is 10.1. The van der Waals surface area contributed by atoms with Gasteiger partial charge in [-0.05, 0) is 24.5 Å². The zero-order valence-electron chi connectivity index (χ0n) is 13.4. The van der Waals surface area contributed by atoms with Gasteiger partial charge in [0, 0.05) is 18.5 Å². The number of hydrogen-bond donors (Lipinski definition) is 3. The van der Waals surface area contributed by atoms with E-state index in [1.54, 1.807) is 6.07 Å². The number of rotatable bonds is 7. The number of nitrogens with one attached hydrogen (secondary N) is 3. The SMILES string of the molecule is CCc1ccc(-c2cc(C(=O)NCCCc3nn[nH]n3)[nH]n2)cc1. The van der Waals surface area contributed by atoms with Gasteiger partial charge in [0.1, 0.15) is 5.69 Å². The molecule has 2 aromatic heterocycles. The molecule has 0 bridgehead atoms. The first-order valence-corrected chi connectivity index (χ1v) is 7.91. The number of hydrogen-bond acceptors (Lipinski definition) is 5. The van der Waals surface area contributed by atoms with Gasteiger partial charge in [-0.25, -0.2) is 0 Å². The molecule has 0 unspecified atom stereocenters. The number of aromatic amines is 2. The Bertz CT molecular complexity index is 777. The van der Waals surface area contributed by atoms with Crippen LogP contribution in [-0.4, -0.2) is 43.3 Å². The van der Waals surface area contributed by atoms with Crippen molar-refractivity contribution in [1.82, 2.24) is 36.1 Å². The first kappa shape index (κ1) is 15.9. The fraction of sp³-hybridized carbons (Fsp3) is 0.312. The molecule has 8 heteroatoms. The van der Waals surface area contributed by atoms with Crippen LogP contribution in [0.2, 0.25) is 0 Å². The topological polar surface area (TPSA) is 112 Å². The standard InChI is InChI=1S/C16H19N7O/c1-2-11-5-7-12(8-6-11)13-10-14(19-18-13)16(24)17-9-3-4-15-20-22-23-21-15/h5-8,10H,2-4,9H2,1H3,(H,17,24)(H,18,19)(H,20,21,22,23). The van der Waals surface area contributed by atoms with Gasteiger partial charge in [-0.3, -0.25) is 9.89 Å². The Morgan fingerprint density at radius 2 is 2.04 bits per heavy atom. The summed E-state index contributed by atoms with van der Waals surface area (Å²) in [7, 11) is 0. The molecule has 0 saturated heterocycles. The van der Waals surface area contributed by atoms with E-state index in [0.29, 0.717) is 24.5 Å². The molecule has 3 N–H and O–H groups in total. The van der Waals surface area contributed by atoms with Crippen LogP contribution in [0.5, 0.6) is 0 Å². The number of tetrazole rings is 1. The van der Waals surface area contributed by atoms with Gasteiger partial charge in [-0.2, -0.15) is 10.3 Å². The lowest BCUT2D eigenvalue weighted by Gasteiger charge is -2.01. The number of nitrogens with zero attached hydrogens (tertiary/aromatic N) is 4. The molecule has 0 aliphatic heterocycles. The van der Waals surface area contributed by atoms with E-state index in [1.165, 1.54) is 5.56 Å². The van der Waals surface area contributed by atoms with Crippen LogP contribution in [0.1, 0.15) is 35.2 Å². The van der Waals surface area contributed by atoms with E-state index in [1.807, 2.05) is 12.1 Å². The van der Waals surface area contributed by atoms with Crippen molar-refractivity contribution >= 4 is 5.91 Å². The Morgan fingerprint density at radius 3 is 2.75 bits per heavy atom. The highest BCUT2D eigenvalue weighted by atomic mass is 16.1. The second kappa shape index (κ2) is 7.49. The Balaban J connectivity index is 1.53. The Hall–Kier alpha value is -3.03. The normalized spacial score (nSPS) is 10.7. The summed E-state index contributed by atoms with van der Waals surface area (Å²) in [5.74, 6) is 0.468. The van der Waals surface area contributed by atoms with Crippen molar-refractivity contribution in [3.05, 3.63) is 47.4 Å². The molecule has 2 heterocycles. The predicted molar refractivity (Wildman–Crippen MR) is 88.2 cm³/mol. The fourth-order valence-electron chi connectivity index (χ4n) is 2.33. The number of aromatic nitrogens is 6. The van der Waals surface area contributed by atoms with Crippen molar-refractivity contribution in [2.45, 2.75) is 26.2 Å². The second-order valence-corrected chi connectivity index (χ2v) is 5.40. The van der Waals surface area contributed by atoms with E-state index < -0.39 is 0 Å². The van der Waals surface area contributed by atoms with E-state index in [4.69, 9.17) is 0 Å². The monoisotopic (exact) mass is 325 g/mol. The van der Waals surface area contributed by atoms with Crippen molar-refractivity contribution in [3.8, 4) is 11.3 Å². The summed E-state index contributed by atoms with van der Waals surface area (Å²) in [5.41, 5.74) is 3.46. The number of aryl methyl sites for hydroxylation is 2. The van der Waals surface area contributed by atoms with Crippen LogP contribution in [0.25, 0.3) is 11.3 Å². The summed E-state index contributed by atoms with van der Waals surface area (Å²) in [5, 5.41) is 23.5. The molecule has 1 aromatic carbocycles. The zero-order valence-corrected chi connectivity index (χ0v) is 13.4. The van der Waals surface area contributed by atoms with Gasteiger partial charge in [0.25, 0.3) is 5.91 Å². The van der Waals surface area contributed by atoms with Gasteiger partial charge in [0.2, 0.25) is 0 Å². The van der Waals surface area contributed by atoms with Gasteiger partial charge < -0.3 is 5.32 Å². The molecule has 0 aliphatic rings. The fourth-order valence-corrected chi connectivity index (χ4v) is 2.33. The molecule has 3 rings (SSSR count). The zero-order chi connectivity index (χ0) is 16.8. The maximum atomic E-state index is 12.1. The van der Waals surface area contributed by atoms with Crippen LogP contribution < -0.4 is 5.32 Å². The van der Waals surface area contributed by atoms with Crippen LogP contribution in [0.4, 0.5) is 0 Å². The minimum absolute atomic E-state index is 0.174. The summed E-state index contributed by atoms with van der Waals surface area (Å²) in [6, 6.07) is 9.93. The molecular weight excluding hydrogens is 306 g/mol. The number of carbonyl (C=O) groups excluding carboxylic acids is 1. The molecule has 0 atom stereocenters. The van der Waals surface area contributed by atoms with Gasteiger partial charge in [-0.15, -0.1) is 10.2 Å². The lowest BCUT2D eigenvalue weighted by molar-refractivity contribution is 0.0948. The van der Waals surface area contributed by atoms with Gasteiger partial charge in [0.15, 0.2) is 5.82 Å². The van der Waals surface area contributed by atoms with Crippen molar-refractivity contribution in [2.24, 2.45) is 0 Å². The lowest BCUT2D eigenvalue weighted by Crippen LogP contribution is -2.25.